The first-order valence-corrected chi connectivity index (χ1v) is 6.98. The van der Waals surface area contributed by atoms with Crippen molar-refractivity contribution in [3.63, 3.8) is 0 Å². The van der Waals surface area contributed by atoms with Gasteiger partial charge in [-0.1, -0.05) is 0 Å². The maximum absolute atomic E-state index is 13.3. The Balaban J connectivity index is 1.98. The molecule has 2 rings (SSSR count). The highest BCUT2D eigenvalue weighted by atomic mass is 32.1. The van der Waals surface area contributed by atoms with Crippen molar-refractivity contribution in [3.8, 4) is 0 Å². The average Bonchev–Trinajstić information content (AvgIpc) is 2.68. The zero-order chi connectivity index (χ0) is 14.7. The van der Waals surface area contributed by atoms with Crippen LogP contribution in [0.5, 0.6) is 0 Å². The highest BCUT2D eigenvalue weighted by Crippen LogP contribution is 2.21. The molecule has 1 heterocycles. The van der Waals surface area contributed by atoms with Gasteiger partial charge in [-0.2, -0.15) is 0 Å². The predicted octanol–water partition coefficient (Wildman–Crippen LogP) is 3.70. The smallest absolute Gasteiger partial charge is 0.272 e. The number of halogens is 1. The number of thiophene rings is 1. The van der Waals surface area contributed by atoms with E-state index in [0.29, 0.717) is 18.7 Å². The normalized spacial score (nSPS) is 10.8. The van der Waals surface area contributed by atoms with Crippen LogP contribution in [0, 0.1) is 29.8 Å². The quantitative estimate of drug-likeness (QED) is 0.675. The lowest BCUT2D eigenvalue weighted by molar-refractivity contribution is -0.385. The van der Waals surface area contributed by atoms with E-state index in [9.17, 15) is 14.5 Å². The number of hydrogen-bond acceptors (Lipinski definition) is 4. The Morgan fingerprint density at radius 3 is 2.60 bits per heavy atom. The molecule has 1 N–H and O–H groups in total. The lowest BCUT2D eigenvalue weighted by Crippen LogP contribution is -2.12. The predicted molar refractivity (Wildman–Crippen MR) is 77.4 cm³/mol. The van der Waals surface area contributed by atoms with Crippen molar-refractivity contribution in [1.82, 2.24) is 5.32 Å². The van der Waals surface area contributed by atoms with Gasteiger partial charge in [-0.05, 0) is 37.1 Å². The summed E-state index contributed by atoms with van der Waals surface area (Å²) < 4.78 is 13.3. The molecule has 0 saturated heterocycles. The van der Waals surface area contributed by atoms with E-state index in [4.69, 9.17) is 0 Å². The lowest BCUT2D eigenvalue weighted by Gasteiger charge is -2.04. The molecule has 0 bridgehead atoms. The van der Waals surface area contributed by atoms with Gasteiger partial charge in [-0.25, -0.2) is 4.39 Å². The summed E-state index contributed by atoms with van der Waals surface area (Å²) in [6.45, 7) is 5.20. The van der Waals surface area contributed by atoms with Crippen LogP contribution in [0.2, 0.25) is 0 Å². The molecule has 0 atom stereocenters. The van der Waals surface area contributed by atoms with E-state index in [2.05, 4.69) is 25.2 Å². The van der Waals surface area contributed by atoms with Crippen LogP contribution >= 0.6 is 11.3 Å². The summed E-state index contributed by atoms with van der Waals surface area (Å²) >= 11 is 1.72. The summed E-state index contributed by atoms with van der Waals surface area (Å²) in [5.74, 6) is -0.584. The van der Waals surface area contributed by atoms with Gasteiger partial charge in [0.15, 0.2) is 0 Å². The maximum atomic E-state index is 13.3. The number of hydrogen-bond donors (Lipinski definition) is 1. The van der Waals surface area contributed by atoms with Crippen LogP contribution in [-0.4, -0.2) is 4.92 Å². The van der Waals surface area contributed by atoms with Crippen molar-refractivity contribution in [2.75, 3.05) is 0 Å². The molecule has 0 radical (unpaired) electrons. The molecule has 1 aromatic carbocycles. The molecule has 6 heteroatoms. The second kappa shape index (κ2) is 6.11. The van der Waals surface area contributed by atoms with Crippen molar-refractivity contribution < 1.29 is 9.31 Å². The molecule has 2 aromatic rings. The molecule has 0 amide bonds. The lowest BCUT2D eigenvalue weighted by atomic mass is 10.2. The third-order valence-electron chi connectivity index (χ3n) is 3.00. The van der Waals surface area contributed by atoms with Crippen LogP contribution in [0.4, 0.5) is 10.1 Å². The number of rotatable bonds is 5. The summed E-state index contributed by atoms with van der Waals surface area (Å²) in [6, 6.07) is 5.74. The van der Waals surface area contributed by atoms with Gasteiger partial charge >= 0.3 is 0 Å². The van der Waals surface area contributed by atoms with Gasteiger partial charge in [0.05, 0.1) is 11.0 Å². The summed E-state index contributed by atoms with van der Waals surface area (Å²) in [5.41, 5.74) is 1.61. The fraction of sp³-hybridized carbons (Fsp3) is 0.286. The molecular formula is C14H15FN2O2S. The fourth-order valence-corrected chi connectivity index (χ4v) is 2.93. The largest absolute Gasteiger partial charge is 0.308 e. The van der Waals surface area contributed by atoms with E-state index in [1.807, 2.05) is 0 Å². The van der Waals surface area contributed by atoms with Crippen molar-refractivity contribution in [1.29, 1.82) is 0 Å². The number of non-ortho nitro benzene ring substituents is 1. The van der Waals surface area contributed by atoms with Crippen LogP contribution in [0.3, 0.4) is 0 Å². The van der Waals surface area contributed by atoms with Crippen LogP contribution < -0.4 is 5.32 Å². The van der Waals surface area contributed by atoms with Gasteiger partial charge in [0.25, 0.3) is 5.69 Å². The molecule has 106 valence electrons. The third-order valence-corrected chi connectivity index (χ3v) is 4.15. The second-order valence-corrected chi connectivity index (χ2v) is 5.97. The molecule has 0 spiro atoms. The second-order valence-electron chi connectivity index (χ2n) is 4.63. The van der Waals surface area contributed by atoms with Gasteiger partial charge in [-0.3, -0.25) is 10.1 Å². The van der Waals surface area contributed by atoms with Crippen molar-refractivity contribution in [3.05, 3.63) is 61.1 Å². The summed E-state index contributed by atoms with van der Waals surface area (Å²) in [7, 11) is 0. The Morgan fingerprint density at radius 2 is 2.00 bits per heavy atom. The topological polar surface area (TPSA) is 55.2 Å². The zero-order valence-electron chi connectivity index (χ0n) is 11.3. The SMILES string of the molecule is Cc1cc(CNCc2cc(F)cc([N+](=O)[O-])c2)sc1C. The van der Waals surface area contributed by atoms with E-state index < -0.39 is 10.7 Å². The minimum Gasteiger partial charge on any atom is -0.308 e. The minimum atomic E-state index is -0.585. The first-order valence-electron chi connectivity index (χ1n) is 6.16. The highest BCUT2D eigenvalue weighted by molar-refractivity contribution is 7.12. The van der Waals surface area contributed by atoms with Gasteiger partial charge in [-0.15, -0.1) is 11.3 Å². The zero-order valence-corrected chi connectivity index (χ0v) is 12.1. The molecule has 0 aliphatic rings. The number of aryl methyl sites for hydroxylation is 2. The maximum Gasteiger partial charge on any atom is 0.272 e. The summed E-state index contributed by atoms with van der Waals surface area (Å²) in [4.78, 5) is 12.6. The molecule has 0 saturated carbocycles. The van der Waals surface area contributed by atoms with Gasteiger partial charge in [0.2, 0.25) is 0 Å². The van der Waals surface area contributed by atoms with Gasteiger partial charge < -0.3 is 5.32 Å². The van der Waals surface area contributed by atoms with E-state index in [1.165, 1.54) is 27.5 Å². The Morgan fingerprint density at radius 1 is 1.25 bits per heavy atom. The van der Waals surface area contributed by atoms with Crippen molar-refractivity contribution >= 4 is 17.0 Å². The Bertz CT molecular complexity index is 621. The molecule has 0 aliphatic carbocycles. The average molecular weight is 294 g/mol. The number of nitrogens with one attached hydrogen (secondary N) is 1. The van der Waals surface area contributed by atoms with Gasteiger partial charge in [0, 0.05) is 28.9 Å². The molecular weight excluding hydrogens is 279 g/mol. The summed E-state index contributed by atoms with van der Waals surface area (Å²) in [5, 5.41) is 13.8. The third kappa shape index (κ3) is 3.61. The molecule has 20 heavy (non-hydrogen) atoms. The standard InChI is InChI=1S/C14H15FN2O2S/c1-9-3-14(20-10(9)2)8-16-7-11-4-12(15)6-13(5-11)17(18)19/h3-6,16H,7-8H2,1-2H3. The van der Waals surface area contributed by atoms with Crippen LogP contribution in [-0.2, 0) is 13.1 Å². The highest BCUT2D eigenvalue weighted by Gasteiger charge is 2.09. The minimum absolute atomic E-state index is 0.218. The molecule has 0 aliphatic heterocycles. The van der Waals surface area contributed by atoms with E-state index in [1.54, 1.807) is 11.3 Å². The van der Waals surface area contributed by atoms with E-state index in [-0.39, 0.29) is 5.69 Å². The Labute approximate surface area is 120 Å². The number of nitro benzene ring substituents is 1. The molecule has 0 unspecified atom stereocenters. The van der Waals surface area contributed by atoms with Crippen LogP contribution in [0.25, 0.3) is 0 Å². The van der Waals surface area contributed by atoms with Crippen molar-refractivity contribution in [2.24, 2.45) is 0 Å². The fourth-order valence-electron chi connectivity index (χ4n) is 1.91. The molecule has 1 aromatic heterocycles. The van der Waals surface area contributed by atoms with Crippen molar-refractivity contribution in [2.45, 2.75) is 26.9 Å². The Hall–Kier alpha value is -1.79. The molecule has 0 fully saturated rings. The van der Waals surface area contributed by atoms with Gasteiger partial charge in [0.1, 0.15) is 5.82 Å². The summed E-state index contributed by atoms with van der Waals surface area (Å²) in [6.07, 6.45) is 0. The number of benzene rings is 1. The first kappa shape index (κ1) is 14.6. The first-order chi connectivity index (χ1) is 9.45. The molecule has 4 nitrogen and oxygen atoms in total. The monoisotopic (exact) mass is 294 g/mol. The number of nitrogens with zero attached hydrogens (tertiary/aromatic N) is 1. The van der Waals surface area contributed by atoms with E-state index >= 15 is 0 Å². The number of nitro groups is 1. The Kier molecular flexibility index (Phi) is 4.46. The van der Waals surface area contributed by atoms with Crippen LogP contribution in [0.15, 0.2) is 24.3 Å². The van der Waals surface area contributed by atoms with Crippen LogP contribution in [0.1, 0.15) is 20.9 Å². The van der Waals surface area contributed by atoms with E-state index in [0.717, 1.165) is 6.07 Å².